The van der Waals surface area contributed by atoms with Crippen molar-refractivity contribution in [3.8, 4) is 0 Å². The molecule has 1 amide bonds. The average molecular weight is 303 g/mol. The number of hydrogen-bond donors (Lipinski definition) is 1. The fourth-order valence-corrected chi connectivity index (χ4v) is 2.78. The van der Waals surface area contributed by atoms with Gasteiger partial charge in [-0.2, -0.15) is 0 Å². The van der Waals surface area contributed by atoms with Crippen LogP contribution in [0.4, 0.5) is 0 Å². The minimum Gasteiger partial charge on any atom is -0.459 e. The number of hydrogen-bond acceptors (Lipinski definition) is 3. The zero-order valence-electron chi connectivity index (χ0n) is 12.5. The van der Waals surface area contributed by atoms with E-state index in [4.69, 9.17) is 4.42 Å². The summed E-state index contributed by atoms with van der Waals surface area (Å²) in [5.41, 5.74) is 0.936. The molecule has 1 aromatic heterocycles. The first-order valence-corrected chi connectivity index (χ1v) is 8.18. The maximum absolute atomic E-state index is 12.1. The van der Waals surface area contributed by atoms with E-state index in [1.807, 2.05) is 24.3 Å². The highest BCUT2D eigenvalue weighted by Gasteiger charge is 2.15. The van der Waals surface area contributed by atoms with Gasteiger partial charge in [0, 0.05) is 22.8 Å². The fourth-order valence-electron chi connectivity index (χ4n) is 1.88. The van der Waals surface area contributed by atoms with Crippen LogP contribution >= 0.6 is 11.8 Å². The predicted molar refractivity (Wildman–Crippen MR) is 86.5 cm³/mol. The molecule has 112 valence electrons. The monoisotopic (exact) mass is 303 g/mol. The topological polar surface area (TPSA) is 42.2 Å². The van der Waals surface area contributed by atoms with Gasteiger partial charge in [0.25, 0.3) is 5.91 Å². The normalized spacial score (nSPS) is 10.8. The molecule has 0 saturated heterocycles. The standard InChI is InChI=1S/C17H21NO2S/c1-13(2)8-10-18-17(19)16-14(9-11-20-16)12-21-15-6-4-3-5-7-15/h3-7,9,11,13H,8,10,12H2,1-2H3,(H,18,19). The molecule has 0 aliphatic heterocycles. The van der Waals surface area contributed by atoms with Gasteiger partial charge in [0.2, 0.25) is 0 Å². The number of carbonyl (C=O) groups is 1. The first kappa shape index (κ1) is 15.7. The SMILES string of the molecule is CC(C)CCNC(=O)c1occc1CSc1ccccc1. The maximum Gasteiger partial charge on any atom is 0.287 e. The Labute approximate surface area is 130 Å². The summed E-state index contributed by atoms with van der Waals surface area (Å²) in [5.74, 6) is 1.62. The molecule has 0 spiro atoms. The van der Waals surface area contributed by atoms with Crippen molar-refractivity contribution in [1.29, 1.82) is 0 Å². The molecule has 1 heterocycles. The number of nitrogens with one attached hydrogen (secondary N) is 1. The second-order valence-electron chi connectivity index (χ2n) is 5.32. The molecule has 4 heteroatoms. The molecule has 21 heavy (non-hydrogen) atoms. The highest BCUT2D eigenvalue weighted by molar-refractivity contribution is 7.98. The van der Waals surface area contributed by atoms with E-state index in [0.717, 1.165) is 17.7 Å². The van der Waals surface area contributed by atoms with Gasteiger partial charge in [0.05, 0.1) is 6.26 Å². The van der Waals surface area contributed by atoms with Crippen LogP contribution in [0, 0.1) is 5.92 Å². The lowest BCUT2D eigenvalue weighted by atomic mass is 10.1. The lowest BCUT2D eigenvalue weighted by Gasteiger charge is -2.07. The molecule has 0 aliphatic carbocycles. The summed E-state index contributed by atoms with van der Waals surface area (Å²) in [6.07, 6.45) is 2.55. The van der Waals surface area contributed by atoms with E-state index in [9.17, 15) is 4.79 Å². The van der Waals surface area contributed by atoms with Crippen LogP contribution in [0.5, 0.6) is 0 Å². The van der Waals surface area contributed by atoms with Crippen molar-refractivity contribution >= 4 is 17.7 Å². The molecule has 0 aliphatic rings. The molecule has 2 aromatic rings. The molecule has 0 radical (unpaired) electrons. The quantitative estimate of drug-likeness (QED) is 0.773. The number of carbonyl (C=O) groups excluding carboxylic acids is 1. The summed E-state index contributed by atoms with van der Waals surface area (Å²) in [6.45, 7) is 4.96. The summed E-state index contributed by atoms with van der Waals surface area (Å²) in [7, 11) is 0. The summed E-state index contributed by atoms with van der Waals surface area (Å²) < 4.78 is 5.35. The second kappa shape index (κ2) is 7.93. The highest BCUT2D eigenvalue weighted by atomic mass is 32.2. The van der Waals surface area contributed by atoms with Crippen LogP contribution in [0.1, 0.15) is 36.4 Å². The third kappa shape index (κ3) is 4.97. The van der Waals surface area contributed by atoms with Crippen LogP contribution in [-0.2, 0) is 5.75 Å². The Kier molecular flexibility index (Phi) is 5.93. The van der Waals surface area contributed by atoms with E-state index in [1.54, 1.807) is 18.0 Å². The minimum absolute atomic E-state index is 0.121. The van der Waals surface area contributed by atoms with Crippen molar-refractivity contribution in [1.82, 2.24) is 5.32 Å². The average Bonchev–Trinajstić information content (AvgIpc) is 2.94. The van der Waals surface area contributed by atoms with Crippen LogP contribution in [0.3, 0.4) is 0 Å². The largest absolute Gasteiger partial charge is 0.459 e. The Balaban J connectivity index is 1.90. The number of furan rings is 1. The van der Waals surface area contributed by atoms with Gasteiger partial charge < -0.3 is 9.73 Å². The number of amides is 1. The van der Waals surface area contributed by atoms with E-state index in [-0.39, 0.29) is 5.91 Å². The van der Waals surface area contributed by atoms with Gasteiger partial charge in [-0.25, -0.2) is 0 Å². The molecular formula is C17H21NO2S. The van der Waals surface area contributed by atoms with Crippen molar-refractivity contribution in [2.75, 3.05) is 6.54 Å². The van der Waals surface area contributed by atoms with Crippen molar-refractivity contribution in [3.05, 3.63) is 54.0 Å². The van der Waals surface area contributed by atoms with Gasteiger partial charge in [0.1, 0.15) is 0 Å². The molecular weight excluding hydrogens is 282 g/mol. The van der Waals surface area contributed by atoms with Crippen molar-refractivity contribution in [3.63, 3.8) is 0 Å². The molecule has 0 bridgehead atoms. The Morgan fingerprint density at radius 2 is 2.00 bits per heavy atom. The van der Waals surface area contributed by atoms with Crippen molar-refractivity contribution < 1.29 is 9.21 Å². The van der Waals surface area contributed by atoms with Crippen LogP contribution in [-0.4, -0.2) is 12.5 Å². The van der Waals surface area contributed by atoms with E-state index in [1.165, 1.54) is 4.90 Å². The van der Waals surface area contributed by atoms with Gasteiger partial charge in [-0.3, -0.25) is 4.79 Å². The third-order valence-corrected chi connectivity index (χ3v) is 4.16. The van der Waals surface area contributed by atoms with Gasteiger partial charge in [-0.15, -0.1) is 11.8 Å². The summed E-state index contributed by atoms with van der Waals surface area (Å²) in [5, 5.41) is 2.91. The van der Waals surface area contributed by atoms with Crippen LogP contribution in [0.2, 0.25) is 0 Å². The van der Waals surface area contributed by atoms with E-state index < -0.39 is 0 Å². The zero-order valence-corrected chi connectivity index (χ0v) is 13.3. The molecule has 1 N–H and O–H groups in total. The molecule has 0 atom stereocenters. The first-order valence-electron chi connectivity index (χ1n) is 7.19. The van der Waals surface area contributed by atoms with Gasteiger partial charge in [-0.05, 0) is 30.5 Å². The molecule has 0 unspecified atom stereocenters. The Hall–Kier alpha value is -1.68. The lowest BCUT2D eigenvalue weighted by molar-refractivity contribution is 0.0923. The first-order chi connectivity index (χ1) is 10.2. The number of rotatable bonds is 7. The zero-order chi connectivity index (χ0) is 15.1. The summed E-state index contributed by atoms with van der Waals surface area (Å²) >= 11 is 1.70. The smallest absolute Gasteiger partial charge is 0.287 e. The van der Waals surface area contributed by atoms with Gasteiger partial charge >= 0.3 is 0 Å². The van der Waals surface area contributed by atoms with E-state index >= 15 is 0 Å². The summed E-state index contributed by atoms with van der Waals surface area (Å²) in [6, 6.07) is 12.0. The molecule has 3 nitrogen and oxygen atoms in total. The minimum atomic E-state index is -0.121. The van der Waals surface area contributed by atoms with Crippen LogP contribution < -0.4 is 5.32 Å². The lowest BCUT2D eigenvalue weighted by Crippen LogP contribution is -2.25. The molecule has 2 rings (SSSR count). The van der Waals surface area contributed by atoms with E-state index in [0.29, 0.717) is 18.2 Å². The Bertz CT molecular complexity index is 563. The summed E-state index contributed by atoms with van der Waals surface area (Å²) in [4.78, 5) is 13.3. The number of benzene rings is 1. The van der Waals surface area contributed by atoms with Crippen LogP contribution in [0.15, 0.2) is 52.0 Å². The number of thioether (sulfide) groups is 1. The molecule has 0 saturated carbocycles. The van der Waals surface area contributed by atoms with Crippen LogP contribution in [0.25, 0.3) is 0 Å². The Morgan fingerprint density at radius 1 is 1.24 bits per heavy atom. The molecule has 1 aromatic carbocycles. The fraction of sp³-hybridized carbons (Fsp3) is 0.353. The van der Waals surface area contributed by atoms with E-state index in [2.05, 4.69) is 31.3 Å². The molecule has 0 fully saturated rings. The third-order valence-electron chi connectivity index (χ3n) is 3.10. The highest BCUT2D eigenvalue weighted by Crippen LogP contribution is 2.24. The Morgan fingerprint density at radius 3 is 2.71 bits per heavy atom. The second-order valence-corrected chi connectivity index (χ2v) is 6.36. The van der Waals surface area contributed by atoms with Crippen molar-refractivity contribution in [2.24, 2.45) is 5.92 Å². The predicted octanol–water partition coefficient (Wildman–Crippen LogP) is 4.35. The van der Waals surface area contributed by atoms with Gasteiger partial charge in [0.15, 0.2) is 5.76 Å². The van der Waals surface area contributed by atoms with Crippen molar-refractivity contribution in [2.45, 2.75) is 30.9 Å². The maximum atomic E-state index is 12.1. The van der Waals surface area contributed by atoms with Gasteiger partial charge in [-0.1, -0.05) is 32.0 Å².